The summed E-state index contributed by atoms with van der Waals surface area (Å²) >= 11 is 0. The fraction of sp³-hybridized carbons (Fsp3) is 0.190. The highest BCUT2D eigenvalue weighted by Gasteiger charge is 2.18. The van der Waals surface area contributed by atoms with E-state index >= 15 is 0 Å². The minimum atomic E-state index is -0.445. The molecule has 0 bridgehead atoms. The molecule has 3 aromatic rings. The molecule has 0 spiro atoms. The van der Waals surface area contributed by atoms with Crippen LogP contribution in [0.3, 0.4) is 0 Å². The second-order valence-electron chi connectivity index (χ2n) is 5.96. The molecular formula is C21H20N2O3. The van der Waals surface area contributed by atoms with Crippen LogP contribution in [-0.2, 0) is 11.2 Å². The summed E-state index contributed by atoms with van der Waals surface area (Å²) in [4.78, 5) is 29.4. The third-order valence-corrected chi connectivity index (χ3v) is 4.34. The number of anilines is 1. The lowest BCUT2D eigenvalue weighted by atomic mass is 9.99. The Morgan fingerprint density at radius 1 is 1.12 bits per heavy atom. The van der Waals surface area contributed by atoms with E-state index < -0.39 is 5.97 Å². The Labute approximate surface area is 152 Å². The first-order valence-corrected chi connectivity index (χ1v) is 8.43. The number of pyridine rings is 1. The van der Waals surface area contributed by atoms with Crippen LogP contribution in [0.4, 0.5) is 5.69 Å². The molecular weight excluding hydrogens is 328 g/mol. The van der Waals surface area contributed by atoms with Gasteiger partial charge >= 0.3 is 5.97 Å². The highest BCUT2D eigenvalue weighted by molar-refractivity contribution is 6.13. The fourth-order valence-corrected chi connectivity index (χ4v) is 3.03. The van der Waals surface area contributed by atoms with Gasteiger partial charge in [0.25, 0.3) is 5.91 Å². The zero-order valence-electron chi connectivity index (χ0n) is 15.0. The molecule has 1 amide bonds. The molecule has 1 heterocycles. The summed E-state index contributed by atoms with van der Waals surface area (Å²) < 4.78 is 4.73. The van der Waals surface area contributed by atoms with E-state index in [-0.39, 0.29) is 5.91 Å². The number of para-hydroxylation sites is 1. The monoisotopic (exact) mass is 348 g/mol. The zero-order valence-corrected chi connectivity index (χ0v) is 15.0. The van der Waals surface area contributed by atoms with E-state index in [0.29, 0.717) is 16.8 Å². The van der Waals surface area contributed by atoms with Crippen LogP contribution in [0.25, 0.3) is 10.9 Å². The van der Waals surface area contributed by atoms with Crippen molar-refractivity contribution in [1.29, 1.82) is 0 Å². The molecule has 0 aliphatic rings. The van der Waals surface area contributed by atoms with Crippen LogP contribution in [-0.4, -0.2) is 24.0 Å². The third-order valence-electron chi connectivity index (χ3n) is 4.34. The van der Waals surface area contributed by atoms with Crippen LogP contribution in [0.15, 0.2) is 48.5 Å². The van der Waals surface area contributed by atoms with E-state index in [0.717, 1.165) is 28.6 Å². The van der Waals surface area contributed by atoms with Crippen LogP contribution in [0, 0.1) is 6.92 Å². The molecule has 0 aliphatic carbocycles. The Morgan fingerprint density at radius 3 is 2.62 bits per heavy atom. The average molecular weight is 348 g/mol. The van der Waals surface area contributed by atoms with E-state index in [1.54, 1.807) is 24.3 Å². The molecule has 26 heavy (non-hydrogen) atoms. The van der Waals surface area contributed by atoms with Gasteiger partial charge in [-0.25, -0.2) is 4.79 Å². The van der Waals surface area contributed by atoms with E-state index in [2.05, 4.69) is 10.3 Å². The Bertz CT molecular complexity index is 996. The predicted molar refractivity (Wildman–Crippen MR) is 102 cm³/mol. The van der Waals surface area contributed by atoms with Crippen molar-refractivity contribution in [1.82, 2.24) is 4.98 Å². The third kappa shape index (κ3) is 3.28. The standard InChI is InChI=1S/C21H20N2O3/c1-4-17-13(2)19(16-10-5-6-11-18(16)23-17)20(24)22-15-9-7-8-14(12-15)21(25)26-3/h5-12H,4H2,1-3H3,(H,22,24). The van der Waals surface area contributed by atoms with Crippen LogP contribution < -0.4 is 5.32 Å². The number of aryl methyl sites for hydroxylation is 1. The summed E-state index contributed by atoms with van der Waals surface area (Å²) in [5.74, 6) is -0.669. The predicted octanol–water partition coefficient (Wildman–Crippen LogP) is 4.14. The van der Waals surface area contributed by atoms with E-state index in [4.69, 9.17) is 4.74 Å². The number of amides is 1. The van der Waals surface area contributed by atoms with Gasteiger partial charge in [-0.1, -0.05) is 31.2 Å². The lowest BCUT2D eigenvalue weighted by molar-refractivity contribution is 0.0600. The molecule has 0 aliphatic heterocycles. The first kappa shape index (κ1) is 17.6. The number of carbonyl (C=O) groups is 2. The second-order valence-corrected chi connectivity index (χ2v) is 5.96. The normalized spacial score (nSPS) is 10.6. The van der Waals surface area contributed by atoms with Gasteiger partial charge in [0.2, 0.25) is 0 Å². The maximum Gasteiger partial charge on any atom is 0.337 e. The lowest BCUT2D eigenvalue weighted by Crippen LogP contribution is -2.16. The zero-order chi connectivity index (χ0) is 18.7. The maximum absolute atomic E-state index is 13.0. The van der Waals surface area contributed by atoms with Crippen molar-refractivity contribution in [2.24, 2.45) is 0 Å². The summed E-state index contributed by atoms with van der Waals surface area (Å²) in [7, 11) is 1.33. The number of methoxy groups -OCH3 is 1. The van der Waals surface area contributed by atoms with Gasteiger partial charge < -0.3 is 10.1 Å². The van der Waals surface area contributed by atoms with Crippen molar-refractivity contribution < 1.29 is 14.3 Å². The van der Waals surface area contributed by atoms with Crippen molar-refractivity contribution >= 4 is 28.5 Å². The number of nitrogens with zero attached hydrogens (tertiary/aromatic N) is 1. The van der Waals surface area contributed by atoms with E-state index in [1.165, 1.54) is 7.11 Å². The quantitative estimate of drug-likeness (QED) is 0.719. The topological polar surface area (TPSA) is 68.3 Å². The minimum Gasteiger partial charge on any atom is -0.465 e. The highest BCUT2D eigenvalue weighted by Crippen LogP contribution is 2.25. The number of hydrogen-bond donors (Lipinski definition) is 1. The lowest BCUT2D eigenvalue weighted by Gasteiger charge is -2.14. The maximum atomic E-state index is 13.0. The van der Waals surface area contributed by atoms with Crippen molar-refractivity contribution in [3.8, 4) is 0 Å². The van der Waals surface area contributed by atoms with Crippen molar-refractivity contribution in [2.75, 3.05) is 12.4 Å². The molecule has 5 nitrogen and oxygen atoms in total. The van der Waals surface area contributed by atoms with Gasteiger partial charge in [-0.2, -0.15) is 0 Å². The molecule has 0 fully saturated rings. The van der Waals surface area contributed by atoms with Gasteiger partial charge in [0.1, 0.15) is 0 Å². The number of ether oxygens (including phenoxy) is 1. The van der Waals surface area contributed by atoms with Crippen LogP contribution in [0.5, 0.6) is 0 Å². The number of fused-ring (bicyclic) bond motifs is 1. The molecule has 0 unspecified atom stereocenters. The summed E-state index contributed by atoms with van der Waals surface area (Å²) in [5.41, 5.74) is 4.09. The molecule has 5 heteroatoms. The molecule has 2 aromatic carbocycles. The van der Waals surface area contributed by atoms with Crippen molar-refractivity contribution in [3.05, 3.63) is 70.9 Å². The summed E-state index contributed by atoms with van der Waals surface area (Å²) in [5, 5.41) is 3.70. The summed E-state index contributed by atoms with van der Waals surface area (Å²) in [6, 6.07) is 14.3. The SMILES string of the molecule is CCc1nc2ccccc2c(C(=O)Nc2cccc(C(=O)OC)c2)c1C. The smallest absolute Gasteiger partial charge is 0.337 e. The first-order chi connectivity index (χ1) is 12.5. The number of hydrogen-bond acceptors (Lipinski definition) is 4. The van der Waals surface area contributed by atoms with Gasteiger partial charge in [0.05, 0.1) is 23.8 Å². The number of carbonyl (C=O) groups excluding carboxylic acids is 2. The van der Waals surface area contributed by atoms with Gasteiger partial charge in [0.15, 0.2) is 0 Å². The van der Waals surface area contributed by atoms with Gasteiger partial charge in [-0.15, -0.1) is 0 Å². The average Bonchev–Trinajstić information content (AvgIpc) is 2.66. The molecule has 0 radical (unpaired) electrons. The van der Waals surface area contributed by atoms with Gasteiger partial charge in [0, 0.05) is 16.8 Å². The number of esters is 1. The number of rotatable bonds is 4. The second kappa shape index (κ2) is 7.35. The van der Waals surface area contributed by atoms with Crippen molar-refractivity contribution in [3.63, 3.8) is 0 Å². The molecule has 132 valence electrons. The molecule has 1 N–H and O–H groups in total. The largest absolute Gasteiger partial charge is 0.465 e. The van der Waals surface area contributed by atoms with Gasteiger partial charge in [-0.05, 0) is 43.2 Å². The van der Waals surface area contributed by atoms with Crippen LogP contribution in [0.1, 0.15) is 38.9 Å². The van der Waals surface area contributed by atoms with E-state index in [1.807, 2.05) is 38.1 Å². The highest BCUT2D eigenvalue weighted by atomic mass is 16.5. The Kier molecular flexibility index (Phi) is 4.98. The first-order valence-electron chi connectivity index (χ1n) is 8.43. The Hall–Kier alpha value is -3.21. The number of aromatic nitrogens is 1. The molecule has 3 rings (SSSR count). The van der Waals surface area contributed by atoms with E-state index in [9.17, 15) is 9.59 Å². The Morgan fingerprint density at radius 2 is 1.88 bits per heavy atom. The summed E-state index contributed by atoms with van der Waals surface area (Å²) in [6.07, 6.45) is 0.745. The van der Waals surface area contributed by atoms with Crippen molar-refractivity contribution in [2.45, 2.75) is 20.3 Å². The number of nitrogens with one attached hydrogen (secondary N) is 1. The minimum absolute atomic E-state index is 0.224. The summed E-state index contributed by atoms with van der Waals surface area (Å²) in [6.45, 7) is 3.93. The fourth-order valence-electron chi connectivity index (χ4n) is 3.03. The number of benzene rings is 2. The van der Waals surface area contributed by atoms with Gasteiger partial charge in [-0.3, -0.25) is 9.78 Å². The van der Waals surface area contributed by atoms with Crippen LogP contribution in [0.2, 0.25) is 0 Å². The Balaban J connectivity index is 2.03. The molecule has 1 aromatic heterocycles. The molecule has 0 atom stereocenters. The van der Waals surface area contributed by atoms with Crippen LogP contribution >= 0.6 is 0 Å². The molecule has 0 saturated carbocycles. The molecule has 0 saturated heterocycles.